The van der Waals surface area contributed by atoms with E-state index in [0.717, 1.165) is 22.2 Å². The molecule has 0 aliphatic heterocycles. The highest BCUT2D eigenvalue weighted by Crippen LogP contribution is 2.28. The number of hydrogen-bond acceptors (Lipinski definition) is 4. The lowest BCUT2D eigenvalue weighted by Crippen LogP contribution is -2.21. The Morgan fingerprint density at radius 1 is 1.04 bits per heavy atom. The van der Waals surface area contributed by atoms with Gasteiger partial charge in [0.15, 0.2) is 0 Å². The van der Waals surface area contributed by atoms with Crippen LogP contribution >= 0.6 is 22.9 Å². The third-order valence-electron chi connectivity index (χ3n) is 4.05. The molecule has 6 nitrogen and oxygen atoms in total. The molecule has 1 aromatic carbocycles. The van der Waals surface area contributed by atoms with E-state index in [4.69, 9.17) is 0 Å². The van der Waals surface area contributed by atoms with Gasteiger partial charge in [-0.15, -0.1) is 0 Å². The van der Waals surface area contributed by atoms with E-state index < -0.39 is 0 Å². The predicted molar refractivity (Wildman–Crippen MR) is 107 cm³/mol. The van der Waals surface area contributed by atoms with Crippen molar-refractivity contribution in [3.8, 4) is 11.3 Å². The predicted octanol–water partition coefficient (Wildman–Crippen LogP) is 4.01. The number of pyridine rings is 2. The maximum absolute atomic E-state index is 12.9. The van der Waals surface area contributed by atoms with E-state index in [9.17, 15) is 4.79 Å². The summed E-state index contributed by atoms with van der Waals surface area (Å²) in [7, 11) is 0. The first-order chi connectivity index (χ1) is 12.7. The lowest BCUT2D eigenvalue weighted by atomic mass is 10.1. The van der Waals surface area contributed by atoms with Gasteiger partial charge in [0, 0.05) is 35.7 Å². The van der Waals surface area contributed by atoms with Gasteiger partial charge in [0.1, 0.15) is 5.69 Å². The highest BCUT2D eigenvalue weighted by Gasteiger charge is 2.20. The first-order valence-corrected chi connectivity index (χ1v) is 8.94. The van der Waals surface area contributed by atoms with Crippen molar-refractivity contribution in [1.82, 2.24) is 23.3 Å². The molecule has 128 valence electrons. The van der Waals surface area contributed by atoms with E-state index in [-0.39, 0.29) is 5.91 Å². The van der Waals surface area contributed by atoms with Gasteiger partial charge in [-0.05, 0) is 17.7 Å². The molecule has 1 amide bonds. The summed E-state index contributed by atoms with van der Waals surface area (Å²) >= 11 is 2.04. The monoisotopic (exact) mass is 455 g/mol. The number of aromatic nitrogens is 4. The molecule has 0 fully saturated rings. The highest BCUT2D eigenvalue weighted by molar-refractivity contribution is 14.1. The minimum absolute atomic E-state index is 0.113. The average Bonchev–Trinajstić information content (AvgIpc) is 3.13. The number of halogens is 1. The molecule has 4 rings (SSSR count). The number of aromatic amines is 1. The van der Waals surface area contributed by atoms with Crippen molar-refractivity contribution in [2.45, 2.75) is 6.54 Å². The second kappa shape index (κ2) is 7.20. The molecule has 0 aliphatic rings. The van der Waals surface area contributed by atoms with Crippen LogP contribution in [0.4, 0.5) is 0 Å². The van der Waals surface area contributed by atoms with Crippen molar-refractivity contribution in [2.24, 2.45) is 0 Å². The molecule has 0 spiro atoms. The van der Waals surface area contributed by atoms with Gasteiger partial charge in [-0.1, -0.05) is 30.3 Å². The first kappa shape index (κ1) is 16.6. The molecule has 7 heteroatoms. The standard InChI is InChI=1S/C19H14IN5O/c20-25(12-13-4-2-1-3-5-13)19(26)16-11-22-10-15-17(23-24-18(15)16)14-6-8-21-9-7-14/h1-11H,12H2,(H,23,24). The number of benzene rings is 1. The summed E-state index contributed by atoms with van der Waals surface area (Å²) in [5.41, 5.74) is 3.94. The third kappa shape index (κ3) is 3.17. The smallest absolute Gasteiger partial charge is 0.266 e. The summed E-state index contributed by atoms with van der Waals surface area (Å²) in [6.07, 6.45) is 6.73. The summed E-state index contributed by atoms with van der Waals surface area (Å²) < 4.78 is 1.65. The van der Waals surface area contributed by atoms with E-state index in [1.54, 1.807) is 27.9 Å². The Labute approximate surface area is 163 Å². The molecule has 0 aliphatic carbocycles. The third-order valence-corrected chi connectivity index (χ3v) is 4.83. The summed E-state index contributed by atoms with van der Waals surface area (Å²) in [6, 6.07) is 13.6. The fourth-order valence-electron chi connectivity index (χ4n) is 2.77. The number of H-pyrrole nitrogens is 1. The van der Waals surface area contributed by atoms with Gasteiger partial charge in [0.25, 0.3) is 5.91 Å². The molecule has 0 unspecified atom stereocenters. The van der Waals surface area contributed by atoms with Crippen LogP contribution in [0.1, 0.15) is 15.9 Å². The van der Waals surface area contributed by atoms with Gasteiger partial charge in [-0.2, -0.15) is 5.10 Å². The van der Waals surface area contributed by atoms with Gasteiger partial charge < -0.3 is 0 Å². The van der Waals surface area contributed by atoms with Gasteiger partial charge in [0.05, 0.1) is 40.5 Å². The Bertz CT molecular complexity index is 1050. The Balaban J connectivity index is 1.69. The molecule has 0 saturated carbocycles. The number of nitrogens with zero attached hydrogens (tertiary/aromatic N) is 4. The van der Waals surface area contributed by atoms with Gasteiger partial charge in [-0.25, -0.2) is 0 Å². The van der Waals surface area contributed by atoms with Crippen LogP contribution in [-0.2, 0) is 6.54 Å². The van der Waals surface area contributed by atoms with Crippen LogP contribution in [0.5, 0.6) is 0 Å². The quantitative estimate of drug-likeness (QED) is 0.373. The molecule has 0 radical (unpaired) electrons. The zero-order chi connectivity index (χ0) is 17.9. The molecule has 4 aromatic rings. The number of rotatable bonds is 4. The molecule has 0 saturated heterocycles. The van der Waals surface area contributed by atoms with Gasteiger partial charge in [-0.3, -0.25) is 23.0 Å². The minimum Gasteiger partial charge on any atom is -0.276 e. The van der Waals surface area contributed by atoms with Crippen molar-refractivity contribution >= 4 is 39.7 Å². The molecular weight excluding hydrogens is 441 g/mol. The second-order valence-corrected chi connectivity index (χ2v) is 6.89. The SMILES string of the molecule is O=C(c1cncc2c(-c3ccncc3)n[nH]c12)N(I)Cc1ccccc1. The van der Waals surface area contributed by atoms with Crippen LogP contribution in [0, 0.1) is 0 Å². The number of carbonyl (C=O) groups is 1. The van der Waals surface area contributed by atoms with Crippen LogP contribution in [0.15, 0.2) is 67.3 Å². The molecular formula is C19H14IN5O. The van der Waals surface area contributed by atoms with Crippen molar-refractivity contribution in [3.05, 3.63) is 78.4 Å². The number of carbonyl (C=O) groups excluding carboxylic acids is 1. The fourth-order valence-corrected chi connectivity index (χ4v) is 3.42. The zero-order valence-corrected chi connectivity index (χ0v) is 15.8. The molecule has 0 bridgehead atoms. The summed E-state index contributed by atoms with van der Waals surface area (Å²) in [4.78, 5) is 21.2. The molecule has 1 N–H and O–H groups in total. The number of amides is 1. The Morgan fingerprint density at radius 3 is 2.58 bits per heavy atom. The Kier molecular flexibility index (Phi) is 4.61. The summed E-state index contributed by atoms with van der Waals surface area (Å²) in [6.45, 7) is 0.516. The largest absolute Gasteiger partial charge is 0.276 e. The van der Waals surface area contributed by atoms with Crippen LogP contribution < -0.4 is 0 Å². The van der Waals surface area contributed by atoms with E-state index in [1.807, 2.05) is 65.3 Å². The Hall–Kier alpha value is -2.81. The summed E-state index contributed by atoms with van der Waals surface area (Å²) in [5, 5.41) is 8.19. The number of hydrogen-bond donors (Lipinski definition) is 1. The van der Waals surface area contributed by atoms with E-state index >= 15 is 0 Å². The Morgan fingerprint density at radius 2 is 1.81 bits per heavy atom. The topological polar surface area (TPSA) is 74.8 Å². The second-order valence-electron chi connectivity index (χ2n) is 5.73. The molecule has 3 aromatic heterocycles. The number of nitrogens with one attached hydrogen (secondary N) is 1. The highest BCUT2D eigenvalue weighted by atomic mass is 127. The van der Waals surface area contributed by atoms with E-state index in [1.165, 1.54) is 0 Å². The van der Waals surface area contributed by atoms with Crippen LogP contribution in [0.25, 0.3) is 22.2 Å². The van der Waals surface area contributed by atoms with Crippen molar-refractivity contribution in [3.63, 3.8) is 0 Å². The number of fused-ring (bicyclic) bond motifs is 1. The molecule has 0 atom stereocenters. The van der Waals surface area contributed by atoms with Gasteiger partial charge >= 0.3 is 0 Å². The van der Waals surface area contributed by atoms with Crippen LogP contribution in [-0.4, -0.2) is 29.2 Å². The van der Waals surface area contributed by atoms with E-state index in [2.05, 4.69) is 20.2 Å². The van der Waals surface area contributed by atoms with Crippen LogP contribution in [0.3, 0.4) is 0 Å². The van der Waals surface area contributed by atoms with Crippen molar-refractivity contribution in [1.29, 1.82) is 0 Å². The lowest BCUT2D eigenvalue weighted by Gasteiger charge is -2.15. The first-order valence-electron chi connectivity index (χ1n) is 7.98. The van der Waals surface area contributed by atoms with Crippen LogP contribution in [0.2, 0.25) is 0 Å². The maximum atomic E-state index is 12.9. The zero-order valence-electron chi connectivity index (χ0n) is 13.6. The minimum atomic E-state index is -0.113. The molecule has 3 heterocycles. The maximum Gasteiger partial charge on any atom is 0.266 e. The molecule has 26 heavy (non-hydrogen) atoms. The van der Waals surface area contributed by atoms with Crippen molar-refractivity contribution in [2.75, 3.05) is 0 Å². The fraction of sp³-hybridized carbons (Fsp3) is 0.0526. The van der Waals surface area contributed by atoms with Crippen molar-refractivity contribution < 1.29 is 4.79 Å². The summed E-state index contributed by atoms with van der Waals surface area (Å²) in [5.74, 6) is -0.113. The normalized spacial score (nSPS) is 10.8. The lowest BCUT2D eigenvalue weighted by molar-refractivity contribution is 0.0884. The average molecular weight is 455 g/mol. The van der Waals surface area contributed by atoms with E-state index in [0.29, 0.717) is 17.6 Å². The van der Waals surface area contributed by atoms with Gasteiger partial charge in [0.2, 0.25) is 0 Å².